The Bertz CT molecular complexity index is 1690. The van der Waals surface area contributed by atoms with Gasteiger partial charge in [0.05, 0.1) is 36.3 Å². The van der Waals surface area contributed by atoms with Crippen molar-refractivity contribution in [2.24, 2.45) is 0 Å². The Morgan fingerprint density at radius 1 is 0.953 bits per heavy atom. The Labute approximate surface area is 245 Å². The van der Waals surface area contributed by atoms with E-state index in [1.165, 1.54) is 30.3 Å². The zero-order chi connectivity index (χ0) is 30.7. The first kappa shape index (κ1) is 30.1. The molecule has 0 N–H and O–H groups in total. The lowest BCUT2D eigenvalue weighted by Gasteiger charge is -2.27. The molecule has 0 unspecified atom stereocenters. The molecule has 11 heteroatoms. The normalized spacial score (nSPS) is 14.1. The Morgan fingerprint density at radius 3 is 2.30 bits per heavy atom. The predicted molar refractivity (Wildman–Crippen MR) is 152 cm³/mol. The largest absolute Gasteiger partial charge is 0.494 e. The number of hydrogen-bond acceptors (Lipinski definition) is 8. The highest BCUT2D eigenvalue weighted by molar-refractivity contribution is 5.92. The van der Waals surface area contributed by atoms with Crippen molar-refractivity contribution in [3.63, 3.8) is 0 Å². The Kier molecular flexibility index (Phi) is 8.74. The van der Waals surface area contributed by atoms with Gasteiger partial charge in [-0.05, 0) is 80.4 Å². The fourth-order valence-corrected chi connectivity index (χ4v) is 4.69. The van der Waals surface area contributed by atoms with Crippen molar-refractivity contribution >= 4 is 16.9 Å². The van der Waals surface area contributed by atoms with Crippen LogP contribution in [-0.4, -0.2) is 43.8 Å². The molecule has 8 nitrogen and oxygen atoms in total. The van der Waals surface area contributed by atoms with Crippen molar-refractivity contribution in [3.05, 3.63) is 92.8 Å². The summed E-state index contributed by atoms with van der Waals surface area (Å²) in [6.45, 7) is 7.75. The van der Waals surface area contributed by atoms with Crippen LogP contribution in [0.4, 0.5) is 13.2 Å². The second-order valence-electron chi connectivity index (χ2n) is 10.1. The number of ether oxygens (including phenoxy) is 4. The summed E-state index contributed by atoms with van der Waals surface area (Å²) in [7, 11) is 0. The first-order valence-electron chi connectivity index (χ1n) is 13.7. The molecule has 0 saturated carbocycles. The molecule has 0 radical (unpaired) electrons. The van der Waals surface area contributed by atoms with Gasteiger partial charge in [0.2, 0.25) is 11.2 Å². The van der Waals surface area contributed by atoms with Gasteiger partial charge in [0.15, 0.2) is 0 Å². The lowest BCUT2D eigenvalue weighted by Crippen LogP contribution is -2.36. The van der Waals surface area contributed by atoms with Gasteiger partial charge in [-0.15, -0.1) is 0 Å². The zero-order valence-corrected chi connectivity index (χ0v) is 23.9. The third-order valence-electron chi connectivity index (χ3n) is 7.12. The summed E-state index contributed by atoms with van der Waals surface area (Å²) >= 11 is 0. The maximum Gasteiger partial charge on any atom is 0.453 e. The molecule has 0 atom stereocenters. The van der Waals surface area contributed by atoms with E-state index in [2.05, 4.69) is 0 Å². The van der Waals surface area contributed by atoms with Crippen molar-refractivity contribution in [1.82, 2.24) is 4.90 Å². The first-order chi connectivity index (χ1) is 20.5. The van der Waals surface area contributed by atoms with Gasteiger partial charge in [0.25, 0.3) is 5.76 Å². The number of halogens is 3. The number of fused-ring (bicyclic) bond motifs is 1. The smallest absolute Gasteiger partial charge is 0.453 e. The number of alkyl halides is 3. The molecule has 1 aliphatic rings. The molecule has 226 valence electrons. The molecule has 0 bridgehead atoms. The highest BCUT2D eigenvalue weighted by Gasteiger charge is 2.41. The Balaban J connectivity index is 1.62. The van der Waals surface area contributed by atoms with E-state index in [-0.39, 0.29) is 40.1 Å². The molecule has 1 aliphatic heterocycles. The zero-order valence-electron chi connectivity index (χ0n) is 23.9. The number of hydrogen-bond donors (Lipinski definition) is 0. The van der Waals surface area contributed by atoms with E-state index >= 15 is 0 Å². The fourth-order valence-electron chi connectivity index (χ4n) is 4.69. The van der Waals surface area contributed by atoms with Crippen LogP contribution >= 0.6 is 0 Å². The molecule has 1 aromatic heterocycles. The van der Waals surface area contributed by atoms with Crippen molar-refractivity contribution in [2.45, 2.75) is 33.5 Å². The highest BCUT2D eigenvalue weighted by atomic mass is 19.4. The van der Waals surface area contributed by atoms with E-state index in [4.69, 9.17) is 23.4 Å². The summed E-state index contributed by atoms with van der Waals surface area (Å²) < 4.78 is 70.6. The van der Waals surface area contributed by atoms with Crippen LogP contribution in [0.25, 0.3) is 11.0 Å². The molecular weight excluding hydrogens is 567 g/mol. The van der Waals surface area contributed by atoms with E-state index in [1.54, 1.807) is 31.2 Å². The number of morpholine rings is 1. The molecule has 5 rings (SSSR count). The molecule has 2 heterocycles. The molecule has 43 heavy (non-hydrogen) atoms. The van der Waals surface area contributed by atoms with Gasteiger partial charge >= 0.3 is 12.1 Å². The quantitative estimate of drug-likeness (QED) is 0.164. The number of esters is 1. The van der Waals surface area contributed by atoms with Crippen LogP contribution in [0.1, 0.15) is 39.7 Å². The minimum absolute atomic E-state index is 0.0306. The van der Waals surface area contributed by atoms with E-state index in [0.29, 0.717) is 38.7 Å². The summed E-state index contributed by atoms with van der Waals surface area (Å²) in [5.41, 5.74) is 0.680. The Hall–Kier alpha value is -4.35. The van der Waals surface area contributed by atoms with Gasteiger partial charge in [0.1, 0.15) is 22.8 Å². The van der Waals surface area contributed by atoms with Crippen molar-refractivity contribution < 1.29 is 41.3 Å². The summed E-state index contributed by atoms with van der Waals surface area (Å²) in [4.78, 5) is 28.6. The second-order valence-corrected chi connectivity index (χ2v) is 10.1. The average molecular weight is 598 g/mol. The third kappa shape index (κ3) is 6.68. The third-order valence-corrected chi connectivity index (χ3v) is 7.12. The number of rotatable bonds is 8. The molecule has 3 aromatic carbocycles. The molecule has 0 amide bonds. The summed E-state index contributed by atoms with van der Waals surface area (Å²) in [6.07, 6.45) is -5.06. The SMILES string of the molecule is CCOc1ccc(C(=O)Oc2ccc3c(=O)c(Oc4ccc(C)c(C)c4)c(C(F)(F)F)oc3c2CN2CCOCC2)cc1. The van der Waals surface area contributed by atoms with Gasteiger partial charge in [-0.3, -0.25) is 9.69 Å². The monoisotopic (exact) mass is 597 g/mol. The van der Waals surface area contributed by atoms with Gasteiger partial charge in [0, 0.05) is 19.6 Å². The van der Waals surface area contributed by atoms with Crippen LogP contribution in [0, 0.1) is 13.8 Å². The maximum absolute atomic E-state index is 14.4. The van der Waals surface area contributed by atoms with Crippen LogP contribution in [0.2, 0.25) is 0 Å². The van der Waals surface area contributed by atoms with Crippen molar-refractivity contribution in [1.29, 1.82) is 0 Å². The fraction of sp³-hybridized carbons (Fsp3) is 0.312. The highest BCUT2D eigenvalue weighted by Crippen LogP contribution is 2.40. The van der Waals surface area contributed by atoms with E-state index in [9.17, 15) is 22.8 Å². The molecule has 0 aliphatic carbocycles. The maximum atomic E-state index is 14.4. The van der Waals surface area contributed by atoms with E-state index in [0.717, 1.165) is 11.1 Å². The number of carbonyl (C=O) groups is 1. The van der Waals surface area contributed by atoms with Gasteiger partial charge in [-0.2, -0.15) is 13.2 Å². The topological polar surface area (TPSA) is 87.4 Å². The lowest BCUT2D eigenvalue weighted by atomic mass is 10.1. The molecule has 1 fully saturated rings. The van der Waals surface area contributed by atoms with Gasteiger partial charge in [-0.25, -0.2) is 4.79 Å². The van der Waals surface area contributed by atoms with Crippen LogP contribution in [0.15, 0.2) is 63.8 Å². The van der Waals surface area contributed by atoms with E-state index in [1.807, 2.05) is 18.7 Å². The standard InChI is InChI=1S/C32H30F3NO7/c1-4-40-22-9-6-21(7-10-22)31(38)42-26-12-11-24-27(37)29(41-23-8-5-19(2)20(3)17-23)30(32(33,34)35)43-28(24)25(26)18-36-13-15-39-16-14-36/h5-12,17H,4,13-16,18H2,1-3H3. The van der Waals surface area contributed by atoms with Crippen LogP contribution < -0.4 is 19.6 Å². The lowest BCUT2D eigenvalue weighted by molar-refractivity contribution is -0.154. The summed E-state index contributed by atoms with van der Waals surface area (Å²) in [5.74, 6) is -2.69. The Morgan fingerprint density at radius 2 is 1.65 bits per heavy atom. The van der Waals surface area contributed by atoms with Crippen molar-refractivity contribution in [3.8, 4) is 23.0 Å². The van der Waals surface area contributed by atoms with Gasteiger partial charge < -0.3 is 23.4 Å². The second kappa shape index (κ2) is 12.5. The van der Waals surface area contributed by atoms with Crippen LogP contribution in [-0.2, 0) is 17.5 Å². The minimum Gasteiger partial charge on any atom is -0.494 e. The van der Waals surface area contributed by atoms with Crippen molar-refractivity contribution in [2.75, 3.05) is 32.9 Å². The number of nitrogens with zero attached hydrogens (tertiary/aromatic N) is 1. The summed E-state index contributed by atoms with van der Waals surface area (Å²) in [6, 6.07) is 13.6. The minimum atomic E-state index is -5.06. The molecule has 0 spiro atoms. The first-order valence-corrected chi connectivity index (χ1v) is 13.7. The predicted octanol–water partition coefficient (Wildman–Crippen LogP) is 6.67. The van der Waals surface area contributed by atoms with Crippen LogP contribution in [0.5, 0.6) is 23.0 Å². The number of benzene rings is 3. The average Bonchev–Trinajstić information content (AvgIpc) is 2.98. The number of carbonyl (C=O) groups excluding carboxylic acids is 1. The number of aryl methyl sites for hydroxylation is 2. The molecule has 4 aromatic rings. The molecular formula is C32H30F3NO7. The van der Waals surface area contributed by atoms with E-state index < -0.39 is 29.1 Å². The van der Waals surface area contributed by atoms with Gasteiger partial charge in [-0.1, -0.05) is 6.07 Å². The van der Waals surface area contributed by atoms with Crippen LogP contribution in [0.3, 0.4) is 0 Å². The molecule has 1 saturated heterocycles. The summed E-state index contributed by atoms with van der Waals surface area (Å²) in [5, 5.41) is -0.143.